The molecule has 0 spiro atoms. The van der Waals surface area contributed by atoms with E-state index in [2.05, 4.69) is 9.98 Å². The number of rotatable bonds is 12. The summed E-state index contributed by atoms with van der Waals surface area (Å²) in [6.45, 7) is 1.39. The first-order valence-corrected chi connectivity index (χ1v) is 12.1. The van der Waals surface area contributed by atoms with Crippen LogP contribution >= 0.6 is 0 Å². The molecule has 0 atom stereocenters. The first-order chi connectivity index (χ1) is 17.7. The highest BCUT2D eigenvalue weighted by atomic mass is 16.5. The molecule has 0 aliphatic carbocycles. The molecule has 0 aliphatic heterocycles. The van der Waals surface area contributed by atoms with Gasteiger partial charge in [0.25, 0.3) is 0 Å². The maximum atomic E-state index is 6.14. The predicted molar refractivity (Wildman–Crippen MR) is 144 cm³/mol. The Morgan fingerprint density at radius 3 is 2.33 bits per heavy atom. The van der Waals surface area contributed by atoms with Gasteiger partial charge in [0, 0.05) is 17.3 Å². The number of furan rings is 1. The minimum Gasteiger partial charge on any atom is -0.493 e. The highest BCUT2D eigenvalue weighted by Crippen LogP contribution is 2.35. The van der Waals surface area contributed by atoms with Gasteiger partial charge in [-0.2, -0.15) is 0 Å². The molecule has 2 heterocycles. The molecular weight excluding hydrogens is 452 g/mol. The van der Waals surface area contributed by atoms with E-state index in [0.29, 0.717) is 23.9 Å². The van der Waals surface area contributed by atoms with E-state index in [4.69, 9.17) is 25.4 Å². The predicted octanol–water partition coefficient (Wildman–Crippen LogP) is 5.95. The van der Waals surface area contributed by atoms with Crippen molar-refractivity contribution in [3.63, 3.8) is 0 Å². The van der Waals surface area contributed by atoms with Gasteiger partial charge in [-0.25, -0.2) is 4.99 Å². The Hall–Kier alpha value is -4.10. The second-order valence-electron chi connectivity index (χ2n) is 8.34. The minimum atomic E-state index is 0.372. The molecule has 0 unspecified atom stereocenters. The fourth-order valence-electron chi connectivity index (χ4n) is 3.78. The number of benzene rings is 2. The van der Waals surface area contributed by atoms with Crippen molar-refractivity contribution >= 4 is 11.5 Å². The molecule has 0 fully saturated rings. The van der Waals surface area contributed by atoms with Crippen molar-refractivity contribution in [3.05, 3.63) is 84.7 Å². The molecule has 0 aliphatic rings. The Morgan fingerprint density at radius 2 is 1.61 bits per heavy atom. The van der Waals surface area contributed by atoms with Crippen LogP contribution in [0.3, 0.4) is 0 Å². The van der Waals surface area contributed by atoms with Crippen LogP contribution in [-0.2, 0) is 0 Å². The Bertz CT molecular complexity index is 1270. The van der Waals surface area contributed by atoms with Crippen LogP contribution in [-0.4, -0.2) is 31.1 Å². The van der Waals surface area contributed by atoms with Crippen molar-refractivity contribution in [1.29, 1.82) is 0 Å². The van der Waals surface area contributed by atoms with E-state index in [0.717, 1.165) is 66.3 Å². The van der Waals surface area contributed by atoms with E-state index < -0.39 is 0 Å². The summed E-state index contributed by atoms with van der Waals surface area (Å²) >= 11 is 0. The van der Waals surface area contributed by atoms with Crippen molar-refractivity contribution in [1.82, 2.24) is 4.98 Å². The lowest BCUT2D eigenvalue weighted by Crippen LogP contribution is -2.14. The van der Waals surface area contributed by atoms with Crippen LogP contribution in [0, 0.1) is 0 Å². The molecule has 4 rings (SSSR count). The van der Waals surface area contributed by atoms with Crippen molar-refractivity contribution < 1.29 is 13.9 Å². The molecule has 7 nitrogen and oxygen atoms in total. The number of nitrogens with two attached hydrogens (primary N) is 2. The van der Waals surface area contributed by atoms with Crippen LogP contribution in [0.1, 0.15) is 31.4 Å². The fourth-order valence-corrected chi connectivity index (χ4v) is 3.78. The topological polar surface area (TPSA) is 109 Å². The molecule has 2 aromatic carbocycles. The first-order valence-electron chi connectivity index (χ1n) is 12.1. The summed E-state index contributed by atoms with van der Waals surface area (Å²) in [5, 5.41) is 0. The number of ether oxygens (including phenoxy) is 2. The lowest BCUT2D eigenvalue weighted by Gasteiger charge is -2.11. The summed E-state index contributed by atoms with van der Waals surface area (Å²) < 4.78 is 17.6. The normalized spacial score (nSPS) is 11.4. The number of hydrogen-bond acceptors (Lipinski definition) is 6. The third-order valence-electron chi connectivity index (χ3n) is 5.74. The Labute approximate surface area is 211 Å². The third-order valence-corrected chi connectivity index (χ3v) is 5.74. The van der Waals surface area contributed by atoms with Gasteiger partial charge in [0.05, 0.1) is 19.4 Å². The Balaban J connectivity index is 1.42. The number of hydrogen-bond donors (Lipinski definition) is 2. The van der Waals surface area contributed by atoms with Crippen molar-refractivity contribution in [2.75, 3.05) is 20.3 Å². The lowest BCUT2D eigenvalue weighted by molar-refractivity contribution is 0.285. The summed E-state index contributed by atoms with van der Waals surface area (Å²) in [6.07, 6.45) is 5.98. The molecular formula is C29H32N4O3. The van der Waals surface area contributed by atoms with Crippen molar-refractivity contribution in [2.45, 2.75) is 25.7 Å². The van der Waals surface area contributed by atoms with E-state index in [1.807, 2.05) is 72.8 Å². The number of pyridine rings is 1. The Kier molecular flexibility index (Phi) is 8.72. The summed E-state index contributed by atoms with van der Waals surface area (Å²) in [5.41, 5.74) is 14.9. The van der Waals surface area contributed by atoms with Crippen molar-refractivity contribution in [2.24, 2.45) is 16.5 Å². The number of methoxy groups -OCH3 is 1. The zero-order chi connectivity index (χ0) is 25.2. The van der Waals surface area contributed by atoms with Gasteiger partial charge < -0.3 is 25.4 Å². The van der Waals surface area contributed by atoms with Gasteiger partial charge in [-0.1, -0.05) is 18.9 Å². The van der Waals surface area contributed by atoms with Gasteiger partial charge in [-0.15, -0.1) is 0 Å². The number of unbranched alkanes of at least 4 members (excludes halogenated alkanes) is 3. The van der Waals surface area contributed by atoms with E-state index in [-0.39, 0.29) is 0 Å². The maximum absolute atomic E-state index is 6.14. The first kappa shape index (κ1) is 25.0. The molecule has 0 saturated carbocycles. The average molecular weight is 485 g/mol. The lowest BCUT2D eigenvalue weighted by atomic mass is 10.1. The third kappa shape index (κ3) is 6.52. The molecule has 0 bridgehead atoms. The summed E-state index contributed by atoms with van der Waals surface area (Å²) in [6, 6.07) is 23.0. The van der Waals surface area contributed by atoms with Gasteiger partial charge in [0.15, 0.2) is 11.5 Å². The number of aliphatic imine (C=N–C) groups is 1. The smallest absolute Gasteiger partial charge is 0.161 e. The monoisotopic (exact) mass is 484 g/mol. The van der Waals surface area contributed by atoms with Crippen LogP contribution in [0.25, 0.3) is 22.6 Å². The number of aromatic nitrogens is 1. The SMILES string of the molecule is COc1cc(-c2ccc(-c3ccc(N=C(N)c4ccccn4)cc3)o2)ccc1OCCCCCCN. The van der Waals surface area contributed by atoms with Crippen LogP contribution in [0.15, 0.2) is 88.4 Å². The summed E-state index contributed by atoms with van der Waals surface area (Å²) in [7, 11) is 1.64. The van der Waals surface area contributed by atoms with Crippen LogP contribution in [0.4, 0.5) is 5.69 Å². The van der Waals surface area contributed by atoms with Crippen LogP contribution in [0.5, 0.6) is 11.5 Å². The fraction of sp³-hybridized carbons (Fsp3) is 0.241. The van der Waals surface area contributed by atoms with Gasteiger partial charge in [-0.05, 0) is 86.1 Å². The molecule has 0 radical (unpaired) electrons. The standard InChI is InChI=1S/C29H32N4O3/c1-34-28-20-22(11-14-27(28)35-19-7-3-2-5-17-30)26-16-15-25(36-26)21-9-12-23(13-10-21)33-29(31)24-8-4-6-18-32-24/h4,6,8-16,18,20H,2-3,5,7,17,19,30H2,1H3,(H2,31,33). The summed E-state index contributed by atoms with van der Waals surface area (Å²) in [4.78, 5) is 8.68. The maximum Gasteiger partial charge on any atom is 0.161 e. The van der Waals surface area contributed by atoms with Gasteiger partial charge in [0.2, 0.25) is 0 Å². The highest BCUT2D eigenvalue weighted by Gasteiger charge is 2.11. The second kappa shape index (κ2) is 12.6. The van der Waals surface area contributed by atoms with Crippen molar-refractivity contribution in [3.8, 4) is 34.1 Å². The van der Waals surface area contributed by atoms with Gasteiger partial charge in [-0.3, -0.25) is 4.98 Å². The number of amidine groups is 1. The minimum absolute atomic E-state index is 0.372. The zero-order valence-electron chi connectivity index (χ0n) is 20.5. The molecule has 0 amide bonds. The molecule has 36 heavy (non-hydrogen) atoms. The largest absolute Gasteiger partial charge is 0.493 e. The zero-order valence-corrected chi connectivity index (χ0v) is 20.5. The van der Waals surface area contributed by atoms with Crippen LogP contribution in [0.2, 0.25) is 0 Å². The number of nitrogens with zero attached hydrogens (tertiary/aromatic N) is 2. The van der Waals surface area contributed by atoms with Crippen LogP contribution < -0.4 is 20.9 Å². The van der Waals surface area contributed by atoms with E-state index in [1.165, 1.54) is 0 Å². The van der Waals surface area contributed by atoms with E-state index in [1.54, 1.807) is 13.3 Å². The van der Waals surface area contributed by atoms with Gasteiger partial charge >= 0.3 is 0 Å². The second-order valence-corrected chi connectivity index (χ2v) is 8.34. The molecule has 0 saturated heterocycles. The molecule has 4 N–H and O–H groups in total. The molecule has 2 aromatic heterocycles. The Morgan fingerprint density at radius 1 is 0.861 bits per heavy atom. The van der Waals surface area contributed by atoms with E-state index in [9.17, 15) is 0 Å². The molecule has 4 aromatic rings. The highest BCUT2D eigenvalue weighted by molar-refractivity contribution is 5.97. The quantitative estimate of drug-likeness (QED) is 0.146. The summed E-state index contributed by atoms with van der Waals surface area (Å²) in [5.74, 6) is 3.29. The van der Waals surface area contributed by atoms with Gasteiger partial charge in [0.1, 0.15) is 23.1 Å². The molecule has 186 valence electrons. The molecule has 7 heteroatoms. The average Bonchev–Trinajstić information content (AvgIpc) is 3.42. The van der Waals surface area contributed by atoms with E-state index >= 15 is 0 Å².